The number of amides is 3. The van der Waals surface area contributed by atoms with Crippen molar-refractivity contribution >= 4 is 57.3 Å². The third-order valence-corrected chi connectivity index (χ3v) is 15.4. The van der Waals surface area contributed by atoms with Crippen molar-refractivity contribution < 1.29 is 80.1 Å². The number of nitrogens with one attached hydrogen (secondary N) is 5. The number of halogens is 3. The molecule has 0 bridgehead atoms. The van der Waals surface area contributed by atoms with Crippen molar-refractivity contribution in [2.75, 3.05) is 155 Å². The third kappa shape index (κ3) is 19.9. The van der Waals surface area contributed by atoms with E-state index < -0.39 is 33.8 Å². The van der Waals surface area contributed by atoms with Gasteiger partial charge in [-0.15, -0.1) is 0 Å². The van der Waals surface area contributed by atoms with Crippen molar-refractivity contribution in [2.45, 2.75) is 63.6 Å². The lowest BCUT2D eigenvalue weighted by Crippen LogP contribution is -2.53. The zero-order chi connectivity index (χ0) is 61.5. The molecule has 3 atom stereocenters. The summed E-state index contributed by atoms with van der Waals surface area (Å²) in [6.45, 7) is 11.6. The number of fused-ring (bicyclic) bond motifs is 3. The molecule has 1 aromatic heterocycles. The van der Waals surface area contributed by atoms with Crippen LogP contribution in [0.2, 0.25) is 0 Å². The van der Waals surface area contributed by atoms with Crippen LogP contribution in [-0.2, 0) is 53.0 Å². The number of piperidine rings is 2. The molecule has 86 heavy (non-hydrogen) atoms. The van der Waals surface area contributed by atoms with Crippen molar-refractivity contribution in [3.8, 4) is 5.75 Å². The Hall–Kier alpha value is -7.21. The summed E-state index contributed by atoms with van der Waals surface area (Å²) in [5.41, 5.74) is 3.94. The number of anilines is 2. The highest BCUT2D eigenvalue weighted by molar-refractivity contribution is 5.98. The Kier molecular flexibility index (Phi) is 25.5. The van der Waals surface area contributed by atoms with Crippen LogP contribution in [0.1, 0.15) is 60.6 Å². The van der Waals surface area contributed by atoms with Crippen LogP contribution in [0.3, 0.4) is 0 Å². The highest BCUT2D eigenvalue weighted by atomic mass is 19.4. The van der Waals surface area contributed by atoms with E-state index in [0.29, 0.717) is 95.6 Å². The highest BCUT2D eigenvalue weighted by Gasteiger charge is 2.48. The number of H-pyrrole nitrogens is 1. The van der Waals surface area contributed by atoms with Crippen molar-refractivity contribution in [3.63, 3.8) is 0 Å². The van der Waals surface area contributed by atoms with E-state index in [2.05, 4.69) is 63.2 Å². The minimum absolute atomic E-state index is 0.0140. The van der Waals surface area contributed by atoms with Crippen molar-refractivity contribution in [1.29, 1.82) is 0 Å². The molecular weight excluding hydrogens is 1140 g/mol. The number of aromatic nitrogens is 1. The van der Waals surface area contributed by atoms with E-state index in [1.54, 1.807) is 23.1 Å². The van der Waals surface area contributed by atoms with Gasteiger partial charge in [0.05, 0.1) is 95.2 Å². The second kappa shape index (κ2) is 33.1. The molecule has 3 aromatic carbocycles. The van der Waals surface area contributed by atoms with Gasteiger partial charge in [0.1, 0.15) is 29.8 Å². The van der Waals surface area contributed by atoms with Crippen LogP contribution in [0.5, 0.6) is 5.75 Å². The number of alkyl halides is 3. The predicted octanol–water partition coefficient (Wildman–Crippen LogP) is 5.93. The van der Waals surface area contributed by atoms with Gasteiger partial charge in [-0.1, -0.05) is 19.1 Å². The summed E-state index contributed by atoms with van der Waals surface area (Å²) in [6, 6.07) is 17.0. The van der Waals surface area contributed by atoms with Gasteiger partial charge in [0, 0.05) is 105 Å². The molecule has 28 heteroatoms. The van der Waals surface area contributed by atoms with Gasteiger partial charge >= 0.3 is 12.1 Å². The number of rotatable bonds is 36. The number of likely N-dealkylation sites (tertiary alicyclic amines) is 2. The van der Waals surface area contributed by atoms with Crippen LogP contribution in [0.4, 0.5) is 35.9 Å². The number of nitro groups is 2. The number of hydrogen-bond donors (Lipinski definition) is 5. The predicted molar refractivity (Wildman–Crippen MR) is 308 cm³/mol. The molecule has 4 heterocycles. The van der Waals surface area contributed by atoms with Crippen molar-refractivity contribution in [1.82, 2.24) is 25.4 Å². The van der Waals surface area contributed by atoms with Gasteiger partial charge in [0.25, 0.3) is 17.3 Å². The van der Waals surface area contributed by atoms with E-state index in [0.717, 1.165) is 30.1 Å². The van der Waals surface area contributed by atoms with Crippen molar-refractivity contribution in [2.24, 2.45) is 11.8 Å². The molecule has 3 aliphatic heterocycles. The van der Waals surface area contributed by atoms with E-state index >= 15 is 0 Å². The van der Waals surface area contributed by atoms with E-state index in [1.165, 1.54) is 23.3 Å². The lowest BCUT2D eigenvalue weighted by molar-refractivity contribution is -0.393. The maximum Gasteiger partial charge on any atom is 0.490 e. The fourth-order valence-electron chi connectivity index (χ4n) is 10.8. The first kappa shape index (κ1) is 66.3. The van der Waals surface area contributed by atoms with Crippen LogP contribution >= 0.6 is 0 Å². The highest BCUT2D eigenvalue weighted by Crippen LogP contribution is 2.47. The normalized spacial score (nSPS) is 17.5. The van der Waals surface area contributed by atoms with Crippen molar-refractivity contribution in [3.05, 3.63) is 97.7 Å². The lowest BCUT2D eigenvalue weighted by Gasteiger charge is -2.46. The van der Waals surface area contributed by atoms with Gasteiger partial charge in [0.2, 0.25) is 11.8 Å². The fourth-order valence-corrected chi connectivity index (χ4v) is 10.8. The number of non-ortho nitro benzene ring substituents is 1. The second-order valence-corrected chi connectivity index (χ2v) is 21.3. The maximum atomic E-state index is 13.7. The topological polar surface area (TPSA) is 299 Å². The summed E-state index contributed by atoms with van der Waals surface area (Å²) in [4.78, 5) is 77.9. The lowest BCUT2D eigenvalue weighted by atomic mass is 9.67. The van der Waals surface area contributed by atoms with E-state index in [-0.39, 0.29) is 132 Å². The Morgan fingerprint density at radius 2 is 1.34 bits per heavy atom. The molecule has 0 unspecified atom stereocenters. The smallest absolute Gasteiger partial charge is 0.490 e. The minimum atomic E-state index is -5.12. The number of aromatic amines is 1. The Balaban J connectivity index is 0.658. The fraction of sp³-hybridized carbons (Fsp3) is 0.586. The molecule has 7 rings (SSSR count). The van der Waals surface area contributed by atoms with Gasteiger partial charge in [-0.05, 0) is 80.1 Å². The zero-order valence-corrected chi connectivity index (χ0v) is 48.6. The Morgan fingerprint density at radius 3 is 1.93 bits per heavy atom. The standard InChI is InChI=1S/C58H78F3N9O16/c1-40-3-7-46-49(33-40)65-39-57(46)13-19-67(37-41(57)2)38-52(86-56(74)58(59,60)61)42-11-17-68(18-12-42)55(73)50-34-43-4-6-45(36-48(43)66-50)85-32-31-84-30-29-83-28-25-81-22-16-64-54(72)10-9-53(71)63-15-21-80-24-27-82-26-23-79-20-14-62-47-8-5-44(69(75)76)35-51(47)70(77)78/h3-8,33-36,41-42,52,62,65-66H,9-32,37-39H2,1-2H3,(H,63,71)(H,64,72)/t41-,52-,57+/m1/s1. The average Bonchev–Trinajstić information content (AvgIpc) is 1.75. The molecule has 0 aliphatic carbocycles. The molecular formula is C58H78F3N9O16. The van der Waals surface area contributed by atoms with Gasteiger partial charge in [-0.2, -0.15) is 13.2 Å². The molecule has 2 saturated heterocycles. The van der Waals surface area contributed by atoms with E-state index in [9.17, 15) is 52.6 Å². The molecule has 0 radical (unpaired) electrons. The molecule has 472 valence electrons. The molecule has 3 amide bonds. The molecule has 4 aromatic rings. The van der Waals surface area contributed by atoms with Gasteiger partial charge < -0.3 is 69.0 Å². The number of nitro benzene ring substituents is 2. The first-order valence-electron chi connectivity index (χ1n) is 29.0. The maximum absolute atomic E-state index is 13.7. The van der Waals surface area contributed by atoms with Crippen LogP contribution in [-0.4, -0.2) is 205 Å². The van der Waals surface area contributed by atoms with Gasteiger partial charge in [-0.25, -0.2) is 4.79 Å². The quantitative estimate of drug-likeness (QED) is 0.0153. The second-order valence-electron chi connectivity index (χ2n) is 21.3. The number of hydrogen-bond acceptors (Lipinski definition) is 19. The Bertz CT molecular complexity index is 2890. The number of aryl methyl sites for hydroxylation is 1. The first-order chi connectivity index (χ1) is 41.4. The Morgan fingerprint density at radius 1 is 0.733 bits per heavy atom. The SMILES string of the molecule is Cc1ccc2c(c1)NC[C@]21CCN(C[C@@H](OC(=O)C(F)(F)F)C2CCN(C(=O)c3cc4ccc(OCCOCCOCCOCCNC(=O)CCC(=O)NCCOCCOCCOCCNc5ccc([N+](=O)[O-])cc5[N+](=O)[O-])cc4[nH]3)CC2)C[C@H]1C. The van der Waals surface area contributed by atoms with Crippen LogP contribution in [0.25, 0.3) is 10.9 Å². The molecule has 2 fully saturated rings. The van der Waals surface area contributed by atoms with E-state index in [1.807, 2.05) is 6.07 Å². The summed E-state index contributed by atoms with van der Waals surface area (Å²) in [7, 11) is 0. The number of ether oxygens (including phenoxy) is 8. The number of benzene rings is 3. The van der Waals surface area contributed by atoms with Crippen LogP contribution in [0.15, 0.2) is 60.7 Å². The number of carbonyl (C=O) groups excluding carboxylic acids is 4. The number of esters is 1. The van der Waals surface area contributed by atoms with E-state index in [4.69, 9.17) is 37.9 Å². The summed E-state index contributed by atoms with van der Waals surface area (Å²) in [6.07, 6.45) is -4.48. The molecule has 1 spiro atoms. The molecule has 3 aliphatic rings. The molecule has 0 saturated carbocycles. The Labute approximate surface area is 495 Å². The largest absolute Gasteiger partial charge is 0.491 e. The monoisotopic (exact) mass is 1210 g/mol. The van der Waals surface area contributed by atoms with Gasteiger partial charge in [-0.3, -0.25) is 39.5 Å². The number of carbonyl (C=O) groups is 4. The summed E-state index contributed by atoms with van der Waals surface area (Å²) < 4.78 is 84.7. The summed E-state index contributed by atoms with van der Waals surface area (Å²) >= 11 is 0. The van der Waals surface area contributed by atoms with Crippen LogP contribution in [0, 0.1) is 39.0 Å². The first-order valence-corrected chi connectivity index (χ1v) is 29.0. The third-order valence-electron chi connectivity index (χ3n) is 15.4. The molecule has 25 nitrogen and oxygen atoms in total. The van der Waals surface area contributed by atoms with Crippen LogP contribution < -0.4 is 26.0 Å². The molecule has 5 N–H and O–H groups in total. The number of nitrogens with zero attached hydrogens (tertiary/aromatic N) is 4. The summed E-state index contributed by atoms with van der Waals surface area (Å²) in [5, 5.41) is 34.7. The average molecular weight is 1210 g/mol. The zero-order valence-electron chi connectivity index (χ0n) is 48.6. The minimum Gasteiger partial charge on any atom is -0.491 e. The van der Waals surface area contributed by atoms with Gasteiger partial charge in [0.15, 0.2) is 0 Å². The summed E-state index contributed by atoms with van der Waals surface area (Å²) in [5.74, 6) is -2.58.